The normalized spacial score (nSPS) is 26.8. The second-order valence-electron chi connectivity index (χ2n) is 14.8. The van der Waals surface area contributed by atoms with Crippen LogP contribution in [0.3, 0.4) is 0 Å². The quantitative estimate of drug-likeness (QED) is 0.0974. The summed E-state index contributed by atoms with van der Waals surface area (Å²) in [5.74, 6) is -32.1. The Morgan fingerprint density at radius 2 is 1.37 bits per heavy atom. The highest BCUT2D eigenvalue weighted by Gasteiger charge is 2.88. The van der Waals surface area contributed by atoms with Crippen LogP contribution in [0.2, 0.25) is 0 Å². The zero-order chi connectivity index (χ0) is 40.8. The van der Waals surface area contributed by atoms with Crippen molar-refractivity contribution in [1.29, 1.82) is 0 Å². The standard InChI is InChI=1S/C26H48N4O3.C7H11F2NO9/c1-10-19(2)21(4)29(26(32,33)17-16-23-14-12-11-13-15-23)18-20(3)30-22(5)27(8)28(9)24(30)25(6,7)31;8-5(9)6(16,17)3(12,13)1(2(10)11)4(14,15)7(5,18)19/h11-15,19-22,24,31-33H,10,16-18H2,1-9H3;1,12-19H,(H2,10,11). The van der Waals surface area contributed by atoms with Gasteiger partial charge in [0.1, 0.15) is 6.17 Å². The third kappa shape index (κ3) is 8.14. The third-order valence-electron chi connectivity index (χ3n) is 10.7. The predicted octanol–water partition coefficient (Wildman–Crippen LogP) is -2.62. The van der Waals surface area contributed by atoms with E-state index in [1.54, 1.807) is 0 Å². The van der Waals surface area contributed by atoms with Crippen molar-refractivity contribution in [3.63, 3.8) is 0 Å². The van der Waals surface area contributed by atoms with Gasteiger partial charge in [0, 0.05) is 39.1 Å². The molecule has 1 saturated carbocycles. The van der Waals surface area contributed by atoms with Gasteiger partial charge >= 0.3 is 5.92 Å². The maximum atomic E-state index is 13.4. The largest absolute Gasteiger partial charge is 0.387 e. The number of carbonyl (C=O) groups excluding carboxylic acids is 1. The molecule has 0 aromatic heterocycles. The SMILES string of the molecule is CCC(C)C(C)N(CC(C)N1C(C)N(C)N(C)C1C(C)(C)O)C(O)(O)CCc1ccccc1.NC(=O)C1C(O)(O)C(O)(O)C(F)(F)C(O)(O)C1(O)O. The van der Waals surface area contributed by atoms with Crippen LogP contribution in [0.1, 0.15) is 66.9 Å². The first-order chi connectivity index (χ1) is 23.3. The topological polar surface area (TPSA) is 279 Å². The van der Waals surface area contributed by atoms with E-state index in [2.05, 4.69) is 55.3 Å². The molecule has 1 aliphatic carbocycles. The average molecular weight is 756 g/mol. The monoisotopic (exact) mass is 755 g/mol. The molecule has 5 atom stereocenters. The number of primary amides is 1. The average Bonchev–Trinajstić information content (AvgIpc) is 3.25. The number of hydrogen-bond donors (Lipinski definition) is 12. The van der Waals surface area contributed by atoms with Gasteiger partial charge in [0.2, 0.25) is 23.4 Å². The Labute approximate surface area is 302 Å². The fourth-order valence-corrected chi connectivity index (χ4v) is 7.01. The second-order valence-corrected chi connectivity index (χ2v) is 14.8. The summed E-state index contributed by atoms with van der Waals surface area (Å²) in [5, 5.41) is 110. The highest BCUT2D eigenvalue weighted by atomic mass is 19.3. The maximum Gasteiger partial charge on any atom is 0.363 e. The lowest BCUT2D eigenvalue weighted by molar-refractivity contribution is -0.559. The van der Waals surface area contributed by atoms with Gasteiger partial charge in [-0.3, -0.25) is 9.69 Å². The van der Waals surface area contributed by atoms with E-state index in [9.17, 15) is 28.9 Å². The van der Waals surface area contributed by atoms with Gasteiger partial charge in [0.15, 0.2) is 5.92 Å². The molecule has 1 aliphatic heterocycles. The van der Waals surface area contributed by atoms with Crippen molar-refractivity contribution in [2.45, 2.75) is 133 Å². The van der Waals surface area contributed by atoms with E-state index in [4.69, 9.17) is 40.9 Å². The molecule has 1 amide bonds. The van der Waals surface area contributed by atoms with Crippen LogP contribution in [-0.4, -0.2) is 168 Å². The van der Waals surface area contributed by atoms with Crippen molar-refractivity contribution >= 4 is 5.91 Å². The number of hydrogen-bond acceptors (Lipinski definition) is 16. The van der Waals surface area contributed by atoms with E-state index in [1.807, 2.05) is 63.2 Å². The summed E-state index contributed by atoms with van der Waals surface area (Å²) in [6.07, 6.45) is 1.62. The molecule has 0 radical (unpaired) electrons. The second kappa shape index (κ2) is 15.6. The van der Waals surface area contributed by atoms with E-state index in [-0.39, 0.29) is 30.8 Å². The summed E-state index contributed by atoms with van der Waals surface area (Å²) in [6, 6.07) is 9.93. The van der Waals surface area contributed by atoms with Crippen LogP contribution in [-0.2, 0) is 11.2 Å². The minimum Gasteiger partial charge on any atom is -0.387 e. The van der Waals surface area contributed by atoms with Gasteiger partial charge in [0.25, 0.3) is 11.6 Å². The molecule has 3 rings (SSSR count). The Hall–Kier alpha value is -2.05. The molecular formula is C33H59F2N5O12. The Balaban J connectivity index is 0.000000418. The number of alkyl halides is 2. The molecule has 1 heterocycles. The summed E-state index contributed by atoms with van der Waals surface area (Å²) in [6.45, 7) is 14.8. The number of nitrogens with two attached hydrogens (primary N) is 1. The molecular weight excluding hydrogens is 696 g/mol. The van der Waals surface area contributed by atoms with Gasteiger partial charge in [-0.2, -0.15) is 8.78 Å². The summed E-state index contributed by atoms with van der Waals surface area (Å²) < 4.78 is 26.8. The summed E-state index contributed by atoms with van der Waals surface area (Å²) in [7, 11) is 4.02. The minimum atomic E-state index is -5.68. The lowest BCUT2D eigenvalue weighted by atomic mass is 9.68. The van der Waals surface area contributed by atoms with Crippen LogP contribution in [0, 0.1) is 11.8 Å². The van der Waals surface area contributed by atoms with E-state index >= 15 is 0 Å². The summed E-state index contributed by atoms with van der Waals surface area (Å²) in [5.41, 5.74) is 4.62. The lowest BCUT2D eigenvalue weighted by Gasteiger charge is -2.56. The lowest BCUT2D eigenvalue weighted by Crippen LogP contribution is -2.88. The van der Waals surface area contributed by atoms with Gasteiger partial charge in [-0.05, 0) is 52.5 Å². The van der Waals surface area contributed by atoms with Crippen molar-refractivity contribution in [2.75, 3.05) is 20.6 Å². The zero-order valence-corrected chi connectivity index (χ0v) is 31.1. The summed E-state index contributed by atoms with van der Waals surface area (Å²) >= 11 is 0. The van der Waals surface area contributed by atoms with Gasteiger partial charge in [0.05, 0.1) is 11.8 Å². The number of hydrazine groups is 1. The Morgan fingerprint density at radius 3 is 1.77 bits per heavy atom. The molecule has 17 nitrogen and oxygen atoms in total. The molecule has 0 bridgehead atoms. The number of amides is 1. The van der Waals surface area contributed by atoms with Crippen LogP contribution in [0.5, 0.6) is 0 Å². The fourth-order valence-electron chi connectivity index (χ4n) is 7.01. The fraction of sp³-hybridized carbons (Fsp3) is 0.788. The van der Waals surface area contributed by atoms with Gasteiger partial charge in [-0.1, -0.05) is 50.6 Å². The van der Waals surface area contributed by atoms with E-state index in [0.29, 0.717) is 18.9 Å². The van der Waals surface area contributed by atoms with Crippen molar-refractivity contribution in [2.24, 2.45) is 17.6 Å². The number of rotatable bonds is 12. The Bertz CT molecular complexity index is 1320. The number of carbonyl (C=O) groups is 1. The van der Waals surface area contributed by atoms with Crippen molar-refractivity contribution in [3.05, 3.63) is 35.9 Å². The molecule has 0 spiro atoms. The molecule has 2 aliphatic rings. The predicted molar refractivity (Wildman–Crippen MR) is 180 cm³/mol. The molecule has 52 heavy (non-hydrogen) atoms. The van der Waals surface area contributed by atoms with Gasteiger partial charge in [-0.15, -0.1) is 0 Å². The highest BCUT2D eigenvalue weighted by molar-refractivity contribution is 5.79. The smallest absolute Gasteiger partial charge is 0.363 e. The van der Waals surface area contributed by atoms with Crippen molar-refractivity contribution < 1.29 is 69.7 Å². The van der Waals surface area contributed by atoms with Crippen LogP contribution < -0.4 is 5.73 Å². The first-order valence-corrected chi connectivity index (χ1v) is 17.0. The minimum absolute atomic E-state index is 0.0165. The van der Waals surface area contributed by atoms with Crippen LogP contribution in [0.25, 0.3) is 0 Å². The molecule has 19 heteroatoms. The first kappa shape index (κ1) is 46.1. The summed E-state index contributed by atoms with van der Waals surface area (Å²) in [4.78, 5) is 15.0. The molecule has 1 saturated heterocycles. The maximum absolute atomic E-state index is 13.4. The molecule has 302 valence electrons. The van der Waals surface area contributed by atoms with Gasteiger partial charge < -0.3 is 61.9 Å². The Kier molecular flexibility index (Phi) is 13.8. The molecule has 2 fully saturated rings. The van der Waals surface area contributed by atoms with Crippen molar-refractivity contribution in [1.82, 2.24) is 19.8 Å². The van der Waals surface area contributed by atoms with E-state index in [0.717, 1.165) is 12.0 Å². The van der Waals surface area contributed by atoms with Crippen molar-refractivity contribution in [3.8, 4) is 0 Å². The van der Waals surface area contributed by atoms with Crippen LogP contribution >= 0.6 is 0 Å². The van der Waals surface area contributed by atoms with E-state index < -0.39 is 52.4 Å². The number of aryl methyl sites for hydroxylation is 1. The van der Waals surface area contributed by atoms with Gasteiger partial charge in [-0.25, -0.2) is 14.9 Å². The van der Waals surface area contributed by atoms with Crippen LogP contribution in [0.4, 0.5) is 8.78 Å². The number of benzene rings is 1. The number of likely N-dealkylation sites (N-methyl/N-ethyl adjacent to an activating group) is 1. The van der Waals surface area contributed by atoms with Crippen LogP contribution in [0.15, 0.2) is 30.3 Å². The molecule has 1 aromatic carbocycles. The Morgan fingerprint density at radius 1 is 0.904 bits per heavy atom. The third-order valence-corrected chi connectivity index (χ3v) is 10.7. The zero-order valence-electron chi connectivity index (χ0n) is 31.1. The molecule has 5 unspecified atom stereocenters. The highest BCUT2D eigenvalue weighted by Crippen LogP contribution is 2.55. The first-order valence-electron chi connectivity index (χ1n) is 17.0. The number of nitrogens with zero attached hydrogens (tertiary/aromatic N) is 4. The molecule has 13 N–H and O–H groups in total. The number of aliphatic hydroxyl groups is 11. The van der Waals surface area contributed by atoms with E-state index in [1.165, 1.54) is 0 Å². The molecule has 1 aromatic rings. The number of halogens is 2.